The summed E-state index contributed by atoms with van der Waals surface area (Å²) in [4.78, 5) is 2.50. The van der Waals surface area contributed by atoms with Crippen molar-refractivity contribution in [2.75, 3.05) is 18.0 Å². The minimum atomic E-state index is 0.659. The average Bonchev–Trinajstić information content (AvgIpc) is 3.44. The van der Waals surface area contributed by atoms with E-state index < -0.39 is 0 Å². The van der Waals surface area contributed by atoms with Crippen molar-refractivity contribution >= 4 is 5.69 Å². The zero-order chi connectivity index (χ0) is 21.7. The number of benzene rings is 2. The Morgan fingerprint density at radius 2 is 1.94 bits per heavy atom. The van der Waals surface area contributed by atoms with Crippen LogP contribution in [0, 0.1) is 17.2 Å². The lowest BCUT2D eigenvalue weighted by molar-refractivity contribution is 0.447. The molecule has 7 heteroatoms. The minimum absolute atomic E-state index is 0.659. The maximum Gasteiger partial charge on any atom is 0.203 e. The van der Waals surface area contributed by atoms with Gasteiger partial charge in [0, 0.05) is 37.1 Å². The van der Waals surface area contributed by atoms with Crippen LogP contribution in [0.1, 0.15) is 30.9 Å². The average molecular weight is 422 g/mol. The number of nitrogens with zero attached hydrogens (tertiary/aromatic N) is 7. The van der Waals surface area contributed by atoms with E-state index in [0.29, 0.717) is 5.56 Å². The first-order valence-corrected chi connectivity index (χ1v) is 11.1. The van der Waals surface area contributed by atoms with E-state index in [1.54, 1.807) is 0 Å². The molecule has 7 nitrogen and oxygen atoms in total. The highest BCUT2D eigenvalue weighted by Crippen LogP contribution is 2.35. The zero-order valence-corrected chi connectivity index (χ0v) is 17.9. The standard InChI is InChI=1S/C25H23N7/c1-17-3-2-10-30(14-17)22-8-9-23-21(11-22)16-31-15-20(19-6-4-18(13-26)5-7-19)12-24(31)25-27-28-29-32(23)25/h4-9,11-12,15,17H,2-3,10,14,16H2,1H3. The van der Waals surface area contributed by atoms with Crippen LogP contribution in [0.2, 0.25) is 0 Å². The first-order chi connectivity index (χ1) is 15.7. The third-order valence-electron chi connectivity index (χ3n) is 6.60. The van der Waals surface area contributed by atoms with Crippen LogP contribution in [0.3, 0.4) is 0 Å². The summed E-state index contributed by atoms with van der Waals surface area (Å²) in [5.41, 5.74) is 7.30. The lowest BCUT2D eigenvalue weighted by atomic mass is 9.99. The Kier molecular flexibility index (Phi) is 4.32. The van der Waals surface area contributed by atoms with Crippen molar-refractivity contribution in [2.45, 2.75) is 26.3 Å². The van der Waals surface area contributed by atoms with Gasteiger partial charge in [-0.1, -0.05) is 19.1 Å². The molecule has 0 amide bonds. The molecule has 2 aliphatic heterocycles. The third kappa shape index (κ3) is 3.07. The summed E-state index contributed by atoms with van der Waals surface area (Å²) < 4.78 is 4.07. The Morgan fingerprint density at radius 3 is 2.75 bits per heavy atom. The predicted molar refractivity (Wildman–Crippen MR) is 122 cm³/mol. The smallest absolute Gasteiger partial charge is 0.203 e. The number of anilines is 1. The van der Waals surface area contributed by atoms with Crippen LogP contribution in [-0.4, -0.2) is 37.9 Å². The molecule has 6 rings (SSSR count). The van der Waals surface area contributed by atoms with Gasteiger partial charge in [0.25, 0.3) is 0 Å². The van der Waals surface area contributed by atoms with Gasteiger partial charge in [-0.2, -0.15) is 9.94 Å². The summed E-state index contributed by atoms with van der Waals surface area (Å²) in [7, 11) is 0. The van der Waals surface area contributed by atoms with Crippen LogP contribution < -0.4 is 4.90 Å². The van der Waals surface area contributed by atoms with E-state index in [-0.39, 0.29) is 0 Å². The largest absolute Gasteiger partial charge is 0.371 e. The second kappa shape index (κ2) is 7.34. The number of aromatic nitrogens is 5. The molecular weight excluding hydrogens is 398 g/mol. The fourth-order valence-corrected chi connectivity index (χ4v) is 4.94. The molecule has 32 heavy (non-hydrogen) atoms. The zero-order valence-electron chi connectivity index (χ0n) is 17.9. The van der Waals surface area contributed by atoms with E-state index in [1.165, 1.54) is 24.1 Å². The molecule has 2 aliphatic rings. The lowest BCUT2D eigenvalue weighted by Gasteiger charge is -2.33. The molecular formula is C25H23N7. The molecule has 1 unspecified atom stereocenters. The summed E-state index contributed by atoms with van der Waals surface area (Å²) in [6.07, 6.45) is 4.70. The van der Waals surface area contributed by atoms with Crippen molar-refractivity contribution in [3.8, 4) is 34.4 Å². The molecule has 0 aliphatic carbocycles. The van der Waals surface area contributed by atoms with Gasteiger partial charge in [0.2, 0.25) is 5.82 Å². The van der Waals surface area contributed by atoms with Gasteiger partial charge in [-0.15, -0.1) is 5.10 Å². The van der Waals surface area contributed by atoms with Crippen LogP contribution in [0.25, 0.3) is 28.3 Å². The van der Waals surface area contributed by atoms with E-state index in [9.17, 15) is 0 Å². The van der Waals surface area contributed by atoms with Gasteiger partial charge in [0.05, 0.1) is 23.0 Å². The number of piperidine rings is 1. The summed E-state index contributed by atoms with van der Waals surface area (Å²) in [5.74, 6) is 1.46. The number of hydrogen-bond donors (Lipinski definition) is 0. The topological polar surface area (TPSA) is 75.6 Å². The maximum atomic E-state index is 9.09. The van der Waals surface area contributed by atoms with Gasteiger partial charge in [0.1, 0.15) is 0 Å². The van der Waals surface area contributed by atoms with Crippen LogP contribution in [0.15, 0.2) is 54.7 Å². The molecule has 4 aromatic rings. The molecule has 0 N–H and O–H groups in total. The Morgan fingerprint density at radius 1 is 1.06 bits per heavy atom. The van der Waals surface area contributed by atoms with Crippen molar-refractivity contribution in [3.05, 3.63) is 65.9 Å². The SMILES string of the molecule is CC1CCCN(c2ccc3c(c2)Cn2cc(-c4ccc(C#N)cc4)cc2-c2nnnn2-3)C1. The van der Waals surface area contributed by atoms with Crippen molar-refractivity contribution in [1.29, 1.82) is 5.26 Å². The van der Waals surface area contributed by atoms with Crippen molar-refractivity contribution in [2.24, 2.45) is 5.92 Å². The number of rotatable bonds is 2. The monoisotopic (exact) mass is 421 g/mol. The van der Waals surface area contributed by atoms with Crippen LogP contribution in [0.5, 0.6) is 0 Å². The summed E-state index contributed by atoms with van der Waals surface area (Å²) >= 11 is 0. The fraction of sp³-hybridized carbons (Fsp3) is 0.280. The van der Waals surface area contributed by atoms with Gasteiger partial charge >= 0.3 is 0 Å². The Labute approximate surface area is 186 Å². The highest BCUT2D eigenvalue weighted by molar-refractivity contribution is 5.72. The number of nitriles is 1. The van der Waals surface area contributed by atoms with Gasteiger partial charge in [-0.05, 0) is 76.7 Å². The highest BCUT2D eigenvalue weighted by Gasteiger charge is 2.24. The molecule has 0 bridgehead atoms. The summed E-state index contributed by atoms with van der Waals surface area (Å²) in [5, 5.41) is 21.7. The molecule has 1 fully saturated rings. The lowest BCUT2D eigenvalue weighted by Crippen LogP contribution is -2.34. The quantitative estimate of drug-likeness (QED) is 0.426. The van der Waals surface area contributed by atoms with Crippen molar-refractivity contribution in [1.82, 2.24) is 24.8 Å². The first-order valence-electron chi connectivity index (χ1n) is 11.1. The minimum Gasteiger partial charge on any atom is -0.371 e. The number of fused-ring (bicyclic) bond motifs is 5. The second-order valence-corrected chi connectivity index (χ2v) is 8.85. The molecule has 2 aromatic carbocycles. The van der Waals surface area contributed by atoms with Gasteiger partial charge in [-0.25, -0.2) is 0 Å². The molecule has 0 radical (unpaired) electrons. The number of hydrogen-bond acceptors (Lipinski definition) is 5. The predicted octanol–water partition coefficient (Wildman–Crippen LogP) is 4.27. The molecule has 0 spiro atoms. The van der Waals surface area contributed by atoms with E-state index in [4.69, 9.17) is 5.26 Å². The van der Waals surface area contributed by atoms with Crippen LogP contribution >= 0.6 is 0 Å². The molecule has 1 atom stereocenters. The molecule has 2 aromatic heterocycles. The Bertz CT molecular complexity index is 1340. The fourth-order valence-electron chi connectivity index (χ4n) is 4.94. The van der Waals surface area contributed by atoms with Crippen LogP contribution in [-0.2, 0) is 6.54 Å². The van der Waals surface area contributed by atoms with E-state index >= 15 is 0 Å². The molecule has 0 saturated carbocycles. The molecule has 158 valence electrons. The van der Waals surface area contributed by atoms with Gasteiger partial charge < -0.3 is 9.47 Å². The Hall–Kier alpha value is -3.92. The second-order valence-electron chi connectivity index (χ2n) is 8.85. The van der Waals surface area contributed by atoms with E-state index in [1.807, 2.05) is 28.9 Å². The Balaban J connectivity index is 1.43. The van der Waals surface area contributed by atoms with Crippen molar-refractivity contribution in [3.63, 3.8) is 0 Å². The summed E-state index contributed by atoms with van der Waals surface area (Å²) in [6, 6.07) is 18.6. The first kappa shape index (κ1) is 18.8. The van der Waals surface area contributed by atoms with E-state index in [0.717, 1.165) is 53.9 Å². The highest BCUT2D eigenvalue weighted by atomic mass is 15.5. The normalized spacial score (nSPS) is 17.1. The maximum absolute atomic E-state index is 9.09. The molecule has 4 heterocycles. The third-order valence-corrected chi connectivity index (χ3v) is 6.60. The number of tetrazole rings is 1. The van der Waals surface area contributed by atoms with Crippen molar-refractivity contribution < 1.29 is 0 Å². The van der Waals surface area contributed by atoms with Gasteiger partial charge in [0.15, 0.2) is 0 Å². The molecule has 1 saturated heterocycles. The van der Waals surface area contributed by atoms with E-state index in [2.05, 4.69) is 68.4 Å². The van der Waals surface area contributed by atoms with Crippen LogP contribution in [0.4, 0.5) is 5.69 Å². The van der Waals surface area contributed by atoms with Gasteiger partial charge in [-0.3, -0.25) is 0 Å². The summed E-state index contributed by atoms with van der Waals surface area (Å²) in [6.45, 7) is 5.28.